The molecular weight excluding hydrogens is 294 g/mol. The first kappa shape index (κ1) is 15.9. The highest BCUT2D eigenvalue weighted by atomic mass is 15.1. The third-order valence-corrected chi connectivity index (χ3v) is 6.11. The molecule has 1 heterocycles. The Kier molecular flexibility index (Phi) is 4.00. The molecule has 2 aromatic rings. The molecule has 0 amide bonds. The topological polar surface area (TPSA) is 40.7 Å². The van der Waals surface area contributed by atoms with Gasteiger partial charge in [-0.1, -0.05) is 57.5 Å². The summed E-state index contributed by atoms with van der Waals surface area (Å²) in [6.07, 6.45) is 6.19. The third-order valence-electron chi connectivity index (χ3n) is 6.11. The lowest BCUT2D eigenvalue weighted by molar-refractivity contribution is 0.0939. The number of hydrogen-bond donors (Lipinski definition) is 2. The molecule has 0 saturated heterocycles. The maximum atomic E-state index is 4.29. The fraction of sp³-hybridized carbons (Fsp3) is 0.571. The fourth-order valence-electron chi connectivity index (χ4n) is 5.03. The van der Waals surface area contributed by atoms with Gasteiger partial charge in [-0.05, 0) is 30.2 Å². The lowest BCUT2D eigenvalue weighted by atomic mass is 9.60. The van der Waals surface area contributed by atoms with E-state index >= 15 is 0 Å². The minimum Gasteiger partial charge on any atom is -0.309 e. The van der Waals surface area contributed by atoms with Crippen LogP contribution in [0.15, 0.2) is 36.5 Å². The zero-order chi connectivity index (χ0) is 16.7. The number of fused-ring (bicyclic) bond motifs is 1. The molecule has 24 heavy (non-hydrogen) atoms. The number of rotatable bonds is 4. The summed E-state index contributed by atoms with van der Waals surface area (Å²) in [5.74, 6) is 2.43. The van der Waals surface area contributed by atoms with Gasteiger partial charge < -0.3 is 5.32 Å². The van der Waals surface area contributed by atoms with Crippen molar-refractivity contribution in [3.63, 3.8) is 0 Å². The van der Waals surface area contributed by atoms with Crippen LogP contribution in [-0.2, 0) is 12.0 Å². The fourth-order valence-corrected chi connectivity index (χ4v) is 5.03. The normalized spacial score (nSPS) is 29.3. The minimum absolute atomic E-state index is 0.113. The molecule has 2 aliphatic carbocycles. The first-order valence-corrected chi connectivity index (χ1v) is 9.37. The van der Waals surface area contributed by atoms with Crippen LogP contribution in [-0.4, -0.2) is 16.2 Å². The van der Waals surface area contributed by atoms with Crippen molar-refractivity contribution in [2.75, 3.05) is 0 Å². The zero-order valence-electron chi connectivity index (χ0n) is 15.0. The van der Waals surface area contributed by atoms with Crippen LogP contribution >= 0.6 is 0 Å². The second-order valence-electron chi connectivity index (χ2n) is 8.62. The maximum absolute atomic E-state index is 4.29. The summed E-state index contributed by atoms with van der Waals surface area (Å²) in [6, 6.07) is 11.7. The molecule has 0 spiro atoms. The summed E-state index contributed by atoms with van der Waals surface area (Å²) in [6.45, 7) is 7.65. The SMILES string of the molecule is CC(C)(C)c1[nH]ncc1CN[C@@H]1[C@H]2CCC[C@@H]2[C@H]1c1ccccc1. The number of hydrogen-bond acceptors (Lipinski definition) is 2. The van der Waals surface area contributed by atoms with E-state index in [1.54, 1.807) is 0 Å². The van der Waals surface area contributed by atoms with Gasteiger partial charge in [0, 0.05) is 35.2 Å². The van der Waals surface area contributed by atoms with Gasteiger partial charge in [-0.3, -0.25) is 5.10 Å². The predicted octanol–water partition coefficient (Wildman–Crippen LogP) is 4.38. The minimum atomic E-state index is 0.113. The predicted molar refractivity (Wildman–Crippen MR) is 97.9 cm³/mol. The average molecular weight is 323 g/mol. The van der Waals surface area contributed by atoms with E-state index < -0.39 is 0 Å². The van der Waals surface area contributed by atoms with E-state index in [2.05, 4.69) is 66.6 Å². The van der Waals surface area contributed by atoms with Crippen LogP contribution in [0.1, 0.15) is 62.8 Å². The molecule has 1 aromatic heterocycles. The van der Waals surface area contributed by atoms with Gasteiger partial charge in [0.05, 0.1) is 6.20 Å². The van der Waals surface area contributed by atoms with Gasteiger partial charge in [0.25, 0.3) is 0 Å². The van der Waals surface area contributed by atoms with Crippen molar-refractivity contribution in [1.29, 1.82) is 0 Å². The molecule has 4 atom stereocenters. The Morgan fingerprint density at radius 3 is 2.62 bits per heavy atom. The molecule has 3 nitrogen and oxygen atoms in total. The molecule has 0 bridgehead atoms. The van der Waals surface area contributed by atoms with Crippen molar-refractivity contribution in [3.05, 3.63) is 53.3 Å². The van der Waals surface area contributed by atoms with E-state index in [1.165, 1.54) is 36.1 Å². The van der Waals surface area contributed by atoms with E-state index in [0.29, 0.717) is 12.0 Å². The van der Waals surface area contributed by atoms with Crippen molar-refractivity contribution in [2.45, 2.75) is 64.0 Å². The van der Waals surface area contributed by atoms with Crippen LogP contribution in [0.2, 0.25) is 0 Å². The zero-order valence-corrected chi connectivity index (χ0v) is 15.0. The molecule has 2 aliphatic rings. The number of H-pyrrole nitrogens is 1. The largest absolute Gasteiger partial charge is 0.309 e. The summed E-state index contributed by atoms with van der Waals surface area (Å²) in [5, 5.41) is 11.4. The first-order valence-electron chi connectivity index (χ1n) is 9.37. The summed E-state index contributed by atoms with van der Waals surface area (Å²) >= 11 is 0. The lowest BCUT2D eigenvalue weighted by Crippen LogP contribution is -2.54. The van der Waals surface area contributed by atoms with Gasteiger partial charge in [-0.25, -0.2) is 0 Å². The molecule has 0 aliphatic heterocycles. The number of aromatic nitrogens is 2. The monoisotopic (exact) mass is 323 g/mol. The third kappa shape index (κ3) is 2.69. The summed E-state index contributed by atoms with van der Waals surface area (Å²) in [7, 11) is 0. The summed E-state index contributed by atoms with van der Waals surface area (Å²) in [5.41, 5.74) is 4.20. The lowest BCUT2D eigenvalue weighted by Gasteiger charge is -2.50. The molecule has 4 rings (SSSR count). The molecule has 3 heteroatoms. The molecule has 0 radical (unpaired) electrons. The molecule has 2 saturated carbocycles. The quantitative estimate of drug-likeness (QED) is 0.876. The molecular formula is C21H29N3. The molecule has 0 unspecified atom stereocenters. The van der Waals surface area contributed by atoms with Crippen molar-refractivity contribution in [3.8, 4) is 0 Å². The van der Waals surface area contributed by atoms with Crippen molar-refractivity contribution in [2.24, 2.45) is 11.8 Å². The van der Waals surface area contributed by atoms with Crippen LogP contribution in [0.25, 0.3) is 0 Å². The second kappa shape index (κ2) is 6.03. The number of aromatic amines is 1. The van der Waals surface area contributed by atoms with Crippen LogP contribution in [0.3, 0.4) is 0 Å². The Balaban J connectivity index is 1.50. The van der Waals surface area contributed by atoms with E-state index in [9.17, 15) is 0 Å². The Morgan fingerprint density at radius 1 is 1.12 bits per heavy atom. The Bertz CT molecular complexity index is 683. The standard InChI is InChI=1S/C21H29N3/c1-21(2,3)20-15(13-23-24-20)12-22-19-17-11-7-10-16(17)18(19)14-8-5-4-6-9-14/h4-6,8-9,13,16-19,22H,7,10-12H2,1-3H3,(H,23,24)/t16-,17-,18+,19+/m0/s1. The molecule has 2 fully saturated rings. The highest BCUT2D eigenvalue weighted by Crippen LogP contribution is 2.56. The van der Waals surface area contributed by atoms with E-state index in [-0.39, 0.29) is 5.41 Å². The van der Waals surface area contributed by atoms with Crippen LogP contribution in [0.5, 0.6) is 0 Å². The van der Waals surface area contributed by atoms with Gasteiger partial charge in [0.1, 0.15) is 0 Å². The number of benzene rings is 1. The van der Waals surface area contributed by atoms with Crippen LogP contribution in [0, 0.1) is 11.8 Å². The van der Waals surface area contributed by atoms with Gasteiger partial charge in [0.15, 0.2) is 0 Å². The molecule has 2 N–H and O–H groups in total. The van der Waals surface area contributed by atoms with E-state index in [0.717, 1.165) is 18.4 Å². The maximum Gasteiger partial charge on any atom is 0.0535 e. The van der Waals surface area contributed by atoms with E-state index in [4.69, 9.17) is 0 Å². The van der Waals surface area contributed by atoms with Gasteiger partial charge >= 0.3 is 0 Å². The van der Waals surface area contributed by atoms with Crippen molar-refractivity contribution in [1.82, 2.24) is 15.5 Å². The smallest absolute Gasteiger partial charge is 0.0535 e. The summed E-state index contributed by atoms with van der Waals surface area (Å²) < 4.78 is 0. The average Bonchev–Trinajstić information content (AvgIpc) is 3.16. The Labute approximate surface area is 145 Å². The van der Waals surface area contributed by atoms with Crippen LogP contribution in [0.4, 0.5) is 0 Å². The van der Waals surface area contributed by atoms with Crippen molar-refractivity contribution < 1.29 is 0 Å². The van der Waals surface area contributed by atoms with Crippen molar-refractivity contribution >= 4 is 0 Å². The summed E-state index contributed by atoms with van der Waals surface area (Å²) in [4.78, 5) is 0. The van der Waals surface area contributed by atoms with E-state index in [1.807, 2.05) is 6.20 Å². The van der Waals surface area contributed by atoms with Gasteiger partial charge in [-0.15, -0.1) is 0 Å². The Hall–Kier alpha value is -1.61. The van der Waals surface area contributed by atoms with Gasteiger partial charge in [0.2, 0.25) is 0 Å². The number of nitrogens with one attached hydrogen (secondary N) is 2. The van der Waals surface area contributed by atoms with Gasteiger partial charge in [-0.2, -0.15) is 5.10 Å². The Morgan fingerprint density at radius 2 is 1.88 bits per heavy atom. The van der Waals surface area contributed by atoms with Crippen LogP contribution < -0.4 is 5.32 Å². The first-order chi connectivity index (χ1) is 11.6. The second-order valence-corrected chi connectivity index (χ2v) is 8.62. The highest BCUT2D eigenvalue weighted by Gasteiger charge is 2.52. The highest BCUT2D eigenvalue weighted by molar-refractivity contribution is 5.29. The molecule has 1 aromatic carbocycles. The number of nitrogens with zero attached hydrogens (tertiary/aromatic N) is 1. The molecule has 128 valence electrons.